The van der Waals surface area contributed by atoms with Crippen molar-refractivity contribution in [1.82, 2.24) is 14.9 Å². The number of rotatable bonds is 4. The molecule has 1 aliphatic heterocycles. The Kier molecular flexibility index (Phi) is 4.88. The highest BCUT2D eigenvalue weighted by Gasteiger charge is 2.42. The summed E-state index contributed by atoms with van der Waals surface area (Å²) >= 11 is 5.70. The van der Waals surface area contributed by atoms with E-state index >= 15 is 0 Å². The van der Waals surface area contributed by atoms with E-state index in [1.165, 1.54) is 12.1 Å². The monoisotopic (exact) mass is 430 g/mol. The van der Waals surface area contributed by atoms with Crippen molar-refractivity contribution in [1.29, 1.82) is 0 Å². The van der Waals surface area contributed by atoms with Crippen molar-refractivity contribution in [2.75, 3.05) is 4.90 Å². The number of nitrogens with zero attached hydrogens (tertiary/aromatic N) is 3. The number of benzene rings is 2. The van der Waals surface area contributed by atoms with Crippen molar-refractivity contribution < 1.29 is 9.50 Å². The molecule has 0 saturated carbocycles. The normalized spacial score (nSPS) is 18.2. The van der Waals surface area contributed by atoms with Crippen LogP contribution in [-0.4, -0.2) is 19.8 Å². The van der Waals surface area contributed by atoms with Gasteiger partial charge in [-0.3, -0.25) is 4.98 Å². The first-order chi connectivity index (χ1) is 15.1. The minimum Gasteiger partial charge on any atom is -0.506 e. The average Bonchev–Trinajstić information content (AvgIpc) is 3.40. The third-order valence-electron chi connectivity index (χ3n) is 5.43. The SMILES string of the molecule is Oc1ccccc1N1C(=S)N[C@@H](c2ccccn2)[C@@H]1c1cccn1-c1ccc(F)cc1. The zero-order valence-corrected chi connectivity index (χ0v) is 17.2. The van der Waals surface area contributed by atoms with Gasteiger partial charge in [0, 0.05) is 23.8 Å². The molecular weight excluding hydrogens is 411 g/mol. The molecule has 154 valence electrons. The van der Waals surface area contributed by atoms with Crippen LogP contribution in [0.15, 0.2) is 91.3 Å². The van der Waals surface area contributed by atoms with E-state index in [1.807, 2.05) is 58.1 Å². The number of aromatic hydroxyl groups is 1. The lowest BCUT2D eigenvalue weighted by molar-refractivity contribution is 0.472. The van der Waals surface area contributed by atoms with Gasteiger partial charge < -0.3 is 19.9 Å². The van der Waals surface area contributed by atoms with E-state index in [4.69, 9.17) is 12.2 Å². The molecule has 5 nitrogen and oxygen atoms in total. The lowest BCUT2D eigenvalue weighted by atomic mass is 10.0. The zero-order valence-electron chi connectivity index (χ0n) is 16.4. The third kappa shape index (κ3) is 3.43. The van der Waals surface area contributed by atoms with E-state index < -0.39 is 0 Å². The van der Waals surface area contributed by atoms with Crippen LogP contribution in [0.1, 0.15) is 23.5 Å². The predicted octanol–water partition coefficient (Wildman–Crippen LogP) is 4.89. The minimum absolute atomic E-state index is 0.137. The van der Waals surface area contributed by atoms with Gasteiger partial charge in [-0.05, 0) is 72.9 Å². The van der Waals surface area contributed by atoms with Gasteiger partial charge >= 0.3 is 0 Å². The number of phenols is 1. The van der Waals surface area contributed by atoms with E-state index in [0.717, 1.165) is 17.1 Å². The van der Waals surface area contributed by atoms with Gasteiger partial charge in [-0.25, -0.2) is 4.39 Å². The Morgan fingerprint density at radius 2 is 1.71 bits per heavy atom. The molecular formula is C24H19FN4OS. The Bertz CT molecular complexity index is 1230. The standard InChI is InChI=1S/C24H19FN4OS/c25-16-10-12-17(13-11-16)28-15-5-8-20(28)23-22(18-6-3-4-14-26-18)27-24(31)29(23)19-7-1-2-9-21(19)30/h1-15,22-23,30H,(H,27,31)/t22-,23-/m0/s1. The van der Waals surface area contributed by atoms with E-state index in [-0.39, 0.29) is 23.7 Å². The molecule has 2 atom stereocenters. The molecule has 0 bridgehead atoms. The van der Waals surface area contributed by atoms with Crippen molar-refractivity contribution in [3.63, 3.8) is 0 Å². The summed E-state index contributed by atoms with van der Waals surface area (Å²) in [4.78, 5) is 6.47. The van der Waals surface area contributed by atoms with Crippen LogP contribution in [0.4, 0.5) is 10.1 Å². The van der Waals surface area contributed by atoms with Crippen LogP contribution in [0.2, 0.25) is 0 Å². The number of para-hydroxylation sites is 2. The van der Waals surface area contributed by atoms with E-state index in [2.05, 4.69) is 10.3 Å². The van der Waals surface area contributed by atoms with E-state index in [9.17, 15) is 9.50 Å². The second kappa shape index (κ2) is 7.85. The van der Waals surface area contributed by atoms with Crippen LogP contribution in [0.25, 0.3) is 5.69 Å². The fourth-order valence-corrected chi connectivity index (χ4v) is 4.39. The van der Waals surface area contributed by atoms with Crippen molar-refractivity contribution in [2.45, 2.75) is 12.1 Å². The molecule has 2 N–H and O–H groups in total. The minimum atomic E-state index is -0.296. The molecule has 1 saturated heterocycles. The summed E-state index contributed by atoms with van der Waals surface area (Å²) in [5.74, 6) is -0.151. The fourth-order valence-electron chi connectivity index (χ4n) is 4.05. The molecule has 2 aromatic heterocycles. The summed E-state index contributed by atoms with van der Waals surface area (Å²) in [5, 5.41) is 14.5. The van der Waals surface area contributed by atoms with Crippen LogP contribution in [0, 0.1) is 5.82 Å². The molecule has 1 aliphatic rings. The summed E-state index contributed by atoms with van der Waals surface area (Å²) < 4.78 is 15.5. The van der Waals surface area contributed by atoms with Crippen LogP contribution in [-0.2, 0) is 0 Å². The number of aromatic nitrogens is 2. The maximum atomic E-state index is 13.5. The third-order valence-corrected chi connectivity index (χ3v) is 5.74. The summed E-state index contributed by atoms with van der Waals surface area (Å²) in [6, 6.07) is 22.6. The topological polar surface area (TPSA) is 53.3 Å². The summed E-state index contributed by atoms with van der Waals surface area (Å²) in [5.41, 5.74) is 3.20. The molecule has 0 radical (unpaired) electrons. The average molecular weight is 431 g/mol. The lowest BCUT2D eigenvalue weighted by Crippen LogP contribution is -2.30. The van der Waals surface area contributed by atoms with Crippen LogP contribution < -0.4 is 10.2 Å². The largest absolute Gasteiger partial charge is 0.506 e. The van der Waals surface area contributed by atoms with Gasteiger partial charge in [0.1, 0.15) is 17.6 Å². The second-order valence-corrected chi connectivity index (χ2v) is 7.65. The second-order valence-electron chi connectivity index (χ2n) is 7.26. The highest BCUT2D eigenvalue weighted by molar-refractivity contribution is 7.80. The molecule has 4 aromatic rings. The highest BCUT2D eigenvalue weighted by atomic mass is 32.1. The maximum Gasteiger partial charge on any atom is 0.174 e. The summed E-state index contributed by atoms with van der Waals surface area (Å²) in [6.07, 6.45) is 3.68. The van der Waals surface area contributed by atoms with Gasteiger partial charge in [0.05, 0.1) is 17.4 Å². The summed E-state index contributed by atoms with van der Waals surface area (Å²) in [7, 11) is 0. The highest BCUT2D eigenvalue weighted by Crippen LogP contribution is 2.44. The number of nitrogens with one attached hydrogen (secondary N) is 1. The number of halogens is 1. The Hall–Kier alpha value is -3.71. The first-order valence-electron chi connectivity index (χ1n) is 9.85. The smallest absolute Gasteiger partial charge is 0.174 e. The van der Waals surface area contributed by atoms with Crippen molar-refractivity contribution in [2.24, 2.45) is 0 Å². The first kappa shape index (κ1) is 19.3. The van der Waals surface area contributed by atoms with Crippen molar-refractivity contribution in [3.8, 4) is 11.4 Å². The quantitative estimate of drug-likeness (QED) is 0.452. The molecule has 0 spiro atoms. The molecule has 31 heavy (non-hydrogen) atoms. The lowest BCUT2D eigenvalue weighted by Gasteiger charge is -2.29. The molecule has 2 aromatic carbocycles. The predicted molar refractivity (Wildman–Crippen MR) is 122 cm³/mol. The number of hydrogen-bond donors (Lipinski definition) is 2. The molecule has 0 unspecified atom stereocenters. The van der Waals surface area contributed by atoms with Gasteiger partial charge in [0.15, 0.2) is 5.11 Å². The summed E-state index contributed by atoms with van der Waals surface area (Å²) in [6.45, 7) is 0. The van der Waals surface area contributed by atoms with Gasteiger partial charge in [-0.15, -0.1) is 0 Å². The van der Waals surface area contributed by atoms with Gasteiger partial charge in [-0.1, -0.05) is 18.2 Å². The number of thiocarbonyl (C=S) groups is 1. The van der Waals surface area contributed by atoms with E-state index in [0.29, 0.717) is 10.8 Å². The Balaban J connectivity index is 1.68. The number of pyridine rings is 1. The Morgan fingerprint density at radius 3 is 2.45 bits per heavy atom. The van der Waals surface area contributed by atoms with Gasteiger partial charge in [-0.2, -0.15) is 0 Å². The molecule has 0 amide bonds. The van der Waals surface area contributed by atoms with Gasteiger partial charge in [0.25, 0.3) is 0 Å². The fraction of sp³-hybridized carbons (Fsp3) is 0.0833. The van der Waals surface area contributed by atoms with Crippen LogP contribution >= 0.6 is 12.2 Å². The number of hydrogen-bond acceptors (Lipinski definition) is 3. The molecule has 5 rings (SSSR count). The number of phenolic OH excluding ortho intramolecular Hbond substituents is 1. The van der Waals surface area contributed by atoms with Crippen molar-refractivity contribution >= 4 is 23.0 Å². The van der Waals surface area contributed by atoms with Gasteiger partial charge in [0.2, 0.25) is 0 Å². The van der Waals surface area contributed by atoms with Crippen molar-refractivity contribution in [3.05, 3.63) is 108 Å². The van der Waals surface area contributed by atoms with E-state index in [1.54, 1.807) is 30.5 Å². The maximum absolute atomic E-state index is 13.5. The number of anilines is 1. The Morgan fingerprint density at radius 1 is 0.935 bits per heavy atom. The molecule has 0 aliphatic carbocycles. The Labute approximate surface area is 184 Å². The molecule has 1 fully saturated rings. The van der Waals surface area contributed by atoms with Crippen LogP contribution in [0.5, 0.6) is 5.75 Å². The molecule has 3 heterocycles. The molecule has 7 heteroatoms. The zero-order chi connectivity index (χ0) is 21.4. The van der Waals surface area contributed by atoms with Crippen LogP contribution in [0.3, 0.4) is 0 Å². The first-order valence-corrected chi connectivity index (χ1v) is 10.3.